The summed E-state index contributed by atoms with van der Waals surface area (Å²) in [5.74, 6) is -0.480. The number of nitro benzene ring substituents is 1. The number of amides is 1. The van der Waals surface area contributed by atoms with Gasteiger partial charge in [-0.2, -0.15) is 0 Å². The van der Waals surface area contributed by atoms with Crippen LogP contribution in [0.4, 0.5) is 15.8 Å². The van der Waals surface area contributed by atoms with Crippen molar-refractivity contribution in [1.29, 1.82) is 0 Å². The maximum atomic E-state index is 13.4. The molecule has 2 heterocycles. The van der Waals surface area contributed by atoms with Gasteiger partial charge in [-0.05, 0) is 42.5 Å². The third-order valence-corrected chi connectivity index (χ3v) is 6.10. The predicted octanol–water partition coefficient (Wildman–Crippen LogP) is 6.71. The maximum absolute atomic E-state index is 13.4. The van der Waals surface area contributed by atoms with Crippen LogP contribution in [0.5, 0.6) is 0 Å². The first-order valence-electron chi connectivity index (χ1n) is 8.52. The van der Waals surface area contributed by atoms with E-state index in [2.05, 4.69) is 0 Å². The smallest absolute Gasteiger partial charge is 0.281 e. The number of nitrogens with zero attached hydrogens (tertiary/aromatic N) is 2. The Labute approximate surface area is 194 Å². The fraction of sp³-hybridized carbons (Fsp3) is 0. The lowest BCUT2D eigenvalue weighted by atomic mass is 10.1. The average Bonchev–Trinajstić information content (AvgIpc) is 3.28. The van der Waals surface area contributed by atoms with E-state index in [1.54, 1.807) is 12.1 Å². The van der Waals surface area contributed by atoms with Gasteiger partial charge in [0.2, 0.25) is 0 Å². The molecule has 1 fully saturated rings. The summed E-state index contributed by atoms with van der Waals surface area (Å²) in [4.78, 5) is 25.1. The Hall–Kier alpha value is -2.72. The van der Waals surface area contributed by atoms with Crippen LogP contribution in [0.3, 0.4) is 0 Å². The molecule has 0 bridgehead atoms. The van der Waals surface area contributed by atoms with E-state index in [1.807, 2.05) is 0 Å². The third kappa shape index (κ3) is 4.22. The monoisotopic (exact) mass is 494 g/mol. The average molecular weight is 495 g/mol. The summed E-state index contributed by atoms with van der Waals surface area (Å²) in [5, 5.41) is 11.4. The summed E-state index contributed by atoms with van der Waals surface area (Å²) in [6.45, 7) is 0. The molecule has 0 unspecified atom stereocenters. The zero-order valence-corrected chi connectivity index (χ0v) is 18.3. The minimum atomic E-state index is -0.606. The second-order valence-electron chi connectivity index (χ2n) is 6.24. The standard InChI is InChI=1S/C20H9Cl2FN2O4S2/c21-10-1-4-13(16(7-10)25(27)28)17-6-3-12(29-17)9-18-19(26)24(20(30)31-18)11-2-5-15(23)14(22)8-11/h1-9H. The van der Waals surface area contributed by atoms with Gasteiger partial charge in [0.1, 0.15) is 17.3 Å². The molecule has 31 heavy (non-hydrogen) atoms. The molecule has 0 spiro atoms. The molecule has 4 rings (SSSR count). The molecular weight excluding hydrogens is 486 g/mol. The molecule has 0 atom stereocenters. The number of thiocarbonyl (C=S) groups is 1. The minimum absolute atomic E-state index is 0.129. The minimum Gasteiger partial charge on any atom is -0.456 e. The molecule has 1 amide bonds. The summed E-state index contributed by atoms with van der Waals surface area (Å²) < 4.78 is 19.4. The lowest BCUT2D eigenvalue weighted by Crippen LogP contribution is -2.27. The van der Waals surface area contributed by atoms with Crippen LogP contribution in [0.2, 0.25) is 10.0 Å². The Balaban J connectivity index is 1.64. The largest absolute Gasteiger partial charge is 0.456 e. The highest BCUT2D eigenvalue weighted by molar-refractivity contribution is 8.27. The maximum Gasteiger partial charge on any atom is 0.281 e. The number of benzene rings is 2. The lowest BCUT2D eigenvalue weighted by Gasteiger charge is -2.14. The van der Waals surface area contributed by atoms with Gasteiger partial charge >= 0.3 is 0 Å². The van der Waals surface area contributed by atoms with E-state index >= 15 is 0 Å². The number of halogens is 3. The van der Waals surface area contributed by atoms with Gasteiger partial charge in [-0.1, -0.05) is 47.2 Å². The van der Waals surface area contributed by atoms with E-state index in [0.29, 0.717) is 11.4 Å². The predicted molar refractivity (Wildman–Crippen MR) is 123 cm³/mol. The van der Waals surface area contributed by atoms with Crippen molar-refractivity contribution in [3.63, 3.8) is 0 Å². The molecule has 6 nitrogen and oxygen atoms in total. The first kappa shape index (κ1) is 21.5. The Morgan fingerprint density at radius 1 is 1.16 bits per heavy atom. The van der Waals surface area contributed by atoms with Gasteiger partial charge in [-0.15, -0.1) is 0 Å². The van der Waals surface area contributed by atoms with Gasteiger partial charge in [0.15, 0.2) is 4.32 Å². The molecule has 3 aromatic rings. The van der Waals surface area contributed by atoms with Crippen molar-refractivity contribution in [2.24, 2.45) is 0 Å². The van der Waals surface area contributed by atoms with Crippen molar-refractivity contribution < 1.29 is 18.5 Å². The van der Waals surface area contributed by atoms with E-state index in [4.69, 9.17) is 39.8 Å². The van der Waals surface area contributed by atoms with Crippen LogP contribution >= 0.6 is 47.2 Å². The normalized spacial score (nSPS) is 15.2. The number of furan rings is 1. The molecule has 0 radical (unpaired) electrons. The second kappa shape index (κ2) is 8.43. The lowest BCUT2D eigenvalue weighted by molar-refractivity contribution is -0.384. The fourth-order valence-corrected chi connectivity index (χ4v) is 4.50. The van der Waals surface area contributed by atoms with Crippen LogP contribution in [0, 0.1) is 15.9 Å². The summed E-state index contributed by atoms with van der Waals surface area (Å²) >= 11 is 18.0. The second-order valence-corrected chi connectivity index (χ2v) is 8.76. The van der Waals surface area contributed by atoms with Crippen molar-refractivity contribution in [3.8, 4) is 11.3 Å². The molecular formula is C20H9Cl2FN2O4S2. The summed E-state index contributed by atoms with van der Waals surface area (Å²) in [7, 11) is 0. The van der Waals surface area contributed by atoms with Crippen LogP contribution in [-0.2, 0) is 4.79 Å². The van der Waals surface area contributed by atoms with Gasteiger partial charge in [0, 0.05) is 17.2 Å². The van der Waals surface area contributed by atoms with Crippen LogP contribution in [0.1, 0.15) is 5.76 Å². The van der Waals surface area contributed by atoms with Gasteiger partial charge in [0.05, 0.1) is 26.1 Å². The van der Waals surface area contributed by atoms with Gasteiger partial charge in [-0.3, -0.25) is 19.8 Å². The van der Waals surface area contributed by atoms with Gasteiger partial charge in [-0.25, -0.2) is 4.39 Å². The summed E-state index contributed by atoms with van der Waals surface area (Å²) in [6.07, 6.45) is 1.48. The van der Waals surface area contributed by atoms with Crippen LogP contribution < -0.4 is 4.90 Å². The number of carbonyl (C=O) groups is 1. The van der Waals surface area contributed by atoms with E-state index < -0.39 is 16.6 Å². The topological polar surface area (TPSA) is 76.6 Å². The van der Waals surface area contributed by atoms with E-state index in [-0.39, 0.29) is 36.3 Å². The zero-order chi connectivity index (χ0) is 22.3. The number of hydrogen-bond donors (Lipinski definition) is 0. The Morgan fingerprint density at radius 2 is 1.94 bits per heavy atom. The molecule has 11 heteroatoms. The number of hydrogen-bond acceptors (Lipinski definition) is 6. The van der Waals surface area contributed by atoms with Crippen LogP contribution in [-0.4, -0.2) is 15.2 Å². The molecule has 1 aliphatic rings. The quantitative estimate of drug-likeness (QED) is 0.173. The molecule has 1 saturated heterocycles. The van der Waals surface area contributed by atoms with E-state index in [1.165, 1.54) is 41.3 Å². The van der Waals surface area contributed by atoms with Crippen molar-refractivity contribution in [1.82, 2.24) is 0 Å². The Morgan fingerprint density at radius 3 is 2.65 bits per heavy atom. The molecule has 0 saturated carbocycles. The number of anilines is 1. The molecule has 2 aromatic carbocycles. The molecule has 0 N–H and O–H groups in total. The first-order valence-corrected chi connectivity index (χ1v) is 10.5. The van der Waals surface area contributed by atoms with Crippen LogP contribution in [0.15, 0.2) is 57.9 Å². The summed E-state index contributed by atoms with van der Waals surface area (Å²) in [6, 6.07) is 11.2. The highest BCUT2D eigenvalue weighted by Gasteiger charge is 2.34. The highest BCUT2D eigenvalue weighted by atomic mass is 35.5. The molecule has 1 aliphatic heterocycles. The number of nitro groups is 1. The molecule has 0 aliphatic carbocycles. The fourth-order valence-electron chi connectivity index (χ4n) is 2.88. The number of carbonyl (C=O) groups excluding carboxylic acids is 1. The van der Waals surface area contributed by atoms with Crippen molar-refractivity contribution in [2.75, 3.05) is 4.90 Å². The van der Waals surface area contributed by atoms with E-state index in [0.717, 1.165) is 17.8 Å². The van der Waals surface area contributed by atoms with Crippen molar-refractivity contribution in [3.05, 3.63) is 85.2 Å². The van der Waals surface area contributed by atoms with Crippen molar-refractivity contribution in [2.45, 2.75) is 0 Å². The van der Waals surface area contributed by atoms with Gasteiger partial charge < -0.3 is 4.42 Å². The van der Waals surface area contributed by atoms with Gasteiger partial charge in [0.25, 0.3) is 11.6 Å². The molecule has 1 aromatic heterocycles. The van der Waals surface area contributed by atoms with Crippen molar-refractivity contribution >= 4 is 74.9 Å². The Bertz CT molecular complexity index is 1290. The van der Waals surface area contributed by atoms with Crippen LogP contribution in [0.25, 0.3) is 17.4 Å². The third-order valence-electron chi connectivity index (χ3n) is 4.28. The molecule has 156 valence electrons. The van der Waals surface area contributed by atoms with E-state index in [9.17, 15) is 19.3 Å². The highest BCUT2D eigenvalue weighted by Crippen LogP contribution is 2.38. The summed E-state index contributed by atoms with van der Waals surface area (Å²) in [5.41, 5.74) is 0.393. The SMILES string of the molecule is O=C1C(=Cc2ccc(-c3ccc(Cl)cc3[N+](=O)[O-])o2)SC(=S)N1c1ccc(F)c(Cl)c1. The number of thioether (sulfide) groups is 1. The zero-order valence-electron chi connectivity index (χ0n) is 15.2. The number of rotatable bonds is 4. The Kier molecular flexibility index (Phi) is 5.85. The first-order chi connectivity index (χ1) is 14.7.